The summed E-state index contributed by atoms with van der Waals surface area (Å²) in [5.41, 5.74) is 0.217. The Hall–Kier alpha value is -2.18. The van der Waals surface area contributed by atoms with Crippen LogP contribution in [-0.4, -0.2) is 49.7 Å². The van der Waals surface area contributed by atoms with E-state index in [1.807, 2.05) is 0 Å². The average molecular weight is 344 g/mol. The SMILES string of the molecule is CC(C)C(CNC(=O)c1cc(=O)c2ccccc2o1)N1CCOCC1. The second-order valence-corrected chi connectivity index (χ2v) is 6.64. The molecule has 134 valence electrons. The van der Waals surface area contributed by atoms with E-state index in [0.717, 1.165) is 26.3 Å². The number of hydrogen-bond acceptors (Lipinski definition) is 5. The van der Waals surface area contributed by atoms with Crippen LogP contribution in [0.3, 0.4) is 0 Å². The number of fused-ring (bicyclic) bond motifs is 1. The summed E-state index contributed by atoms with van der Waals surface area (Å²) >= 11 is 0. The van der Waals surface area contributed by atoms with Crippen LogP contribution >= 0.6 is 0 Å². The van der Waals surface area contributed by atoms with Gasteiger partial charge in [0.15, 0.2) is 11.2 Å². The quantitative estimate of drug-likeness (QED) is 0.897. The van der Waals surface area contributed by atoms with Gasteiger partial charge in [-0.25, -0.2) is 0 Å². The highest BCUT2D eigenvalue weighted by molar-refractivity contribution is 5.93. The van der Waals surface area contributed by atoms with Gasteiger partial charge < -0.3 is 14.5 Å². The molecule has 0 spiro atoms. The summed E-state index contributed by atoms with van der Waals surface area (Å²) < 4.78 is 11.0. The van der Waals surface area contributed by atoms with E-state index in [4.69, 9.17) is 9.15 Å². The van der Waals surface area contributed by atoms with Gasteiger partial charge in [0.2, 0.25) is 0 Å². The molecule has 1 fully saturated rings. The van der Waals surface area contributed by atoms with Gasteiger partial charge in [-0.05, 0) is 18.1 Å². The van der Waals surface area contributed by atoms with Gasteiger partial charge in [0.1, 0.15) is 5.58 Å². The topological polar surface area (TPSA) is 71.8 Å². The van der Waals surface area contributed by atoms with Gasteiger partial charge >= 0.3 is 0 Å². The van der Waals surface area contributed by atoms with Gasteiger partial charge in [-0.15, -0.1) is 0 Å². The molecule has 0 bridgehead atoms. The molecule has 1 unspecified atom stereocenters. The van der Waals surface area contributed by atoms with Gasteiger partial charge in [0, 0.05) is 31.7 Å². The highest BCUT2D eigenvalue weighted by atomic mass is 16.5. The van der Waals surface area contributed by atoms with Crippen LogP contribution in [0.5, 0.6) is 0 Å². The first-order chi connectivity index (χ1) is 12.1. The Balaban J connectivity index is 1.71. The predicted octanol–water partition coefficient (Wildman–Crippen LogP) is 1.88. The van der Waals surface area contributed by atoms with E-state index in [9.17, 15) is 9.59 Å². The summed E-state index contributed by atoms with van der Waals surface area (Å²) in [6, 6.07) is 8.42. The third-order valence-corrected chi connectivity index (χ3v) is 4.61. The van der Waals surface area contributed by atoms with E-state index < -0.39 is 0 Å². The summed E-state index contributed by atoms with van der Waals surface area (Å²) in [6.07, 6.45) is 0. The highest BCUT2D eigenvalue weighted by Gasteiger charge is 2.24. The molecule has 1 saturated heterocycles. The number of benzene rings is 1. The minimum absolute atomic E-state index is 0.0492. The lowest BCUT2D eigenvalue weighted by molar-refractivity contribution is 0.00666. The van der Waals surface area contributed by atoms with Crippen molar-refractivity contribution >= 4 is 16.9 Å². The number of morpholine rings is 1. The molecule has 1 aliphatic heterocycles. The number of carbonyl (C=O) groups is 1. The number of rotatable bonds is 5. The molecular formula is C19H24N2O4. The first-order valence-electron chi connectivity index (χ1n) is 8.69. The predicted molar refractivity (Wildman–Crippen MR) is 95.8 cm³/mol. The fraction of sp³-hybridized carbons (Fsp3) is 0.474. The van der Waals surface area contributed by atoms with Crippen molar-refractivity contribution in [2.75, 3.05) is 32.8 Å². The van der Waals surface area contributed by atoms with Gasteiger partial charge in [0.25, 0.3) is 5.91 Å². The number of para-hydroxylation sites is 1. The molecule has 1 amide bonds. The minimum Gasteiger partial charge on any atom is -0.451 e. The molecule has 3 rings (SSSR count). The van der Waals surface area contributed by atoms with Crippen LogP contribution in [0.15, 0.2) is 39.5 Å². The lowest BCUT2D eigenvalue weighted by atomic mass is 10.0. The Bertz CT molecular complexity index is 793. The van der Waals surface area contributed by atoms with E-state index in [-0.39, 0.29) is 23.1 Å². The third-order valence-electron chi connectivity index (χ3n) is 4.61. The molecular weight excluding hydrogens is 320 g/mol. The highest BCUT2D eigenvalue weighted by Crippen LogP contribution is 2.14. The Morgan fingerprint density at radius 2 is 1.96 bits per heavy atom. The first-order valence-corrected chi connectivity index (χ1v) is 8.69. The summed E-state index contributed by atoms with van der Waals surface area (Å²) in [6.45, 7) is 7.96. The second-order valence-electron chi connectivity index (χ2n) is 6.64. The molecule has 1 aromatic carbocycles. The molecule has 1 aliphatic rings. The molecule has 2 heterocycles. The van der Waals surface area contributed by atoms with Crippen LogP contribution in [-0.2, 0) is 4.74 Å². The van der Waals surface area contributed by atoms with Gasteiger partial charge in [-0.1, -0.05) is 26.0 Å². The van der Waals surface area contributed by atoms with Crippen molar-refractivity contribution in [2.24, 2.45) is 5.92 Å². The maximum Gasteiger partial charge on any atom is 0.287 e. The lowest BCUT2D eigenvalue weighted by Crippen LogP contribution is -2.51. The summed E-state index contributed by atoms with van der Waals surface area (Å²) in [4.78, 5) is 26.9. The van der Waals surface area contributed by atoms with E-state index in [1.54, 1.807) is 24.3 Å². The summed E-state index contributed by atoms with van der Waals surface area (Å²) in [5.74, 6) is 0.0805. The van der Waals surface area contributed by atoms with Gasteiger partial charge in [-0.2, -0.15) is 0 Å². The number of amides is 1. The Labute approximate surface area is 146 Å². The maximum absolute atomic E-state index is 12.5. The molecule has 1 atom stereocenters. The fourth-order valence-corrected chi connectivity index (χ4v) is 3.20. The number of ether oxygens (including phenoxy) is 1. The van der Waals surface area contributed by atoms with Crippen molar-refractivity contribution in [2.45, 2.75) is 19.9 Å². The largest absolute Gasteiger partial charge is 0.451 e. The van der Waals surface area contributed by atoms with Crippen molar-refractivity contribution in [1.82, 2.24) is 10.2 Å². The average Bonchev–Trinajstić information content (AvgIpc) is 2.62. The Kier molecular flexibility index (Phi) is 5.50. The zero-order chi connectivity index (χ0) is 17.8. The minimum atomic E-state index is -0.359. The van der Waals surface area contributed by atoms with E-state index in [2.05, 4.69) is 24.1 Å². The molecule has 1 N–H and O–H groups in total. The number of carbonyl (C=O) groups excluding carboxylic acids is 1. The van der Waals surface area contributed by atoms with Crippen LogP contribution < -0.4 is 10.7 Å². The smallest absolute Gasteiger partial charge is 0.287 e. The van der Waals surface area contributed by atoms with Crippen LogP contribution in [0.1, 0.15) is 24.4 Å². The molecule has 1 aromatic heterocycles. The number of nitrogens with zero attached hydrogens (tertiary/aromatic N) is 1. The van der Waals surface area contributed by atoms with Crippen LogP contribution in [0.2, 0.25) is 0 Å². The summed E-state index contributed by atoms with van der Waals surface area (Å²) in [5, 5.41) is 3.39. The van der Waals surface area contributed by atoms with Crippen LogP contribution in [0, 0.1) is 5.92 Å². The van der Waals surface area contributed by atoms with E-state index >= 15 is 0 Å². The van der Waals surface area contributed by atoms with Gasteiger partial charge in [-0.3, -0.25) is 14.5 Å². The zero-order valence-electron chi connectivity index (χ0n) is 14.7. The van der Waals surface area contributed by atoms with Crippen LogP contribution in [0.4, 0.5) is 0 Å². The standard InChI is InChI=1S/C19H24N2O4/c1-13(2)15(21-7-9-24-10-8-21)12-20-19(23)18-11-16(22)14-5-3-4-6-17(14)25-18/h3-6,11,13,15H,7-10,12H2,1-2H3,(H,20,23). The fourth-order valence-electron chi connectivity index (χ4n) is 3.20. The van der Waals surface area contributed by atoms with Crippen LogP contribution in [0.25, 0.3) is 11.0 Å². The van der Waals surface area contributed by atoms with Crippen molar-refractivity contribution in [3.63, 3.8) is 0 Å². The Morgan fingerprint density at radius 3 is 2.68 bits per heavy atom. The second kappa shape index (κ2) is 7.80. The first kappa shape index (κ1) is 17.6. The molecule has 0 saturated carbocycles. The normalized spacial score (nSPS) is 16.9. The molecule has 0 aliphatic carbocycles. The Morgan fingerprint density at radius 1 is 1.24 bits per heavy atom. The molecule has 25 heavy (non-hydrogen) atoms. The van der Waals surface area contributed by atoms with E-state index in [0.29, 0.717) is 23.4 Å². The van der Waals surface area contributed by atoms with Gasteiger partial charge in [0.05, 0.1) is 18.6 Å². The monoisotopic (exact) mass is 344 g/mol. The molecule has 6 heteroatoms. The van der Waals surface area contributed by atoms with Crippen molar-refractivity contribution < 1.29 is 13.9 Å². The molecule has 2 aromatic rings. The van der Waals surface area contributed by atoms with Crippen molar-refractivity contribution in [1.29, 1.82) is 0 Å². The third kappa shape index (κ3) is 4.08. The number of hydrogen-bond donors (Lipinski definition) is 1. The van der Waals surface area contributed by atoms with E-state index in [1.165, 1.54) is 6.07 Å². The molecule has 6 nitrogen and oxygen atoms in total. The lowest BCUT2D eigenvalue weighted by Gasteiger charge is -2.36. The van der Waals surface area contributed by atoms with Crippen molar-refractivity contribution in [3.05, 3.63) is 46.3 Å². The molecule has 0 radical (unpaired) electrons. The summed E-state index contributed by atoms with van der Waals surface area (Å²) in [7, 11) is 0. The van der Waals surface area contributed by atoms with Crippen molar-refractivity contribution in [3.8, 4) is 0 Å². The maximum atomic E-state index is 12.5. The number of nitrogens with one attached hydrogen (secondary N) is 1. The zero-order valence-corrected chi connectivity index (χ0v) is 14.7.